The number of aliphatic hydroxyl groups is 1. The summed E-state index contributed by atoms with van der Waals surface area (Å²) in [5.41, 5.74) is 0. The van der Waals surface area contributed by atoms with Crippen LogP contribution in [0.15, 0.2) is 0 Å². The topological polar surface area (TPSA) is 59.0 Å². The zero-order valence-electron chi connectivity index (χ0n) is 9.15. The van der Waals surface area contributed by atoms with Gasteiger partial charge in [0, 0.05) is 19.6 Å². The molecule has 5 heteroatoms. The van der Waals surface area contributed by atoms with Gasteiger partial charge in [-0.1, -0.05) is 0 Å². The fourth-order valence-corrected chi connectivity index (χ4v) is 1.53. The molecule has 0 aliphatic carbocycles. The van der Waals surface area contributed by atoms with Crippen molar-refractivity contribution >= 4 is 5.97 Å². The number of aliphatic hydroxyl groups excluding tert-OH is 1. The van der Waals surface area contributed by atoms with Crippen molar-refractivity contribution in [3.05, 3.63) is 0 Å². The maximum absolute atomic E-state index is 10.9. The molecular weight excluding hydrogens is 198 g/mol. The lowest BCUT2D eigenvalue weighted by Crippen LogP contribution is -2.38. The second kappa shape index (κ2) is 6.76. The number of hydrogen-bond donors (Lipinski definition) is 1. The second-order valence-corrected chi connectivity index (χ2v) is 3.68. The lowest BCUT2D eigenvalue weighted by atomic mass is 10.2. The highest BCUT2D eigenvalue weighted by molar-refractivity contribution is 5.69. The number of carbonyl (C=O) groups excluding carboxylic acids is 1. The highest BCUT2D eigenvalue weighted by atomic mass is 16.5. The molecule has 0 aromatic rings. The minimum Gasteiger partial charge on any atom is -0.469 e. The van der Waals surface area contributed by atoms with Crippen LogP contribution < -0.4 is 0 Å². The molecule has 1 rings (SSSR count). The molecule has 0 spiro atoms. The van der Waals surface area contributed by atoms with E-state index in [2.05, 4.69) is 9.64 Å². The first-order valence-corrected chi connectivity index (χ1v) is 5.27. The van der Waals surface area contributed by atoms with Gasteiger partial charge in [-0.25, -0.2) is 0 Å². The molecule has 0 amide bonds. The monoisotopic (exact) mass is 217 g/mol. The highest BCUT2D eigenvalue weighted by Gasteiger charge is 2.14. The Balaban J connectivity index is 2.09. The molecule has 0 radical (unpaired) electrons. The van der Waals surface area contributed by atoms with E-state index in [4.69, 9.17) is 4.74 Å². The summed E-state index contributed by atoms with van der Waals surface area (Å²) in [7, 11) is 1.33. The molecule has 88 valence electrons. The van der Waals surface area contributed by atoms with E-state index >= 15 is 0 Å². The van der Waals surface area contributed by atoms with Crippen LogP contribution >= 0.6 is 0 Å². The van der Waals surface area contributed by atoms with Crippen LogP contribution in [0.2, 0.25) is 0 Å². The third kappa shape index (κ3) is 5.11. The van der Waals surface area contributed by atoms with E-state index in [1.165, 1.54) is 7.11 Å². The van der Waals surface area contributed by atoms with Crippen LogP contribution in [-0.2, 0) is 14.3 Å². The Hall–Kier alpha value is -0.650. The van der Waals surface area contributed by atoms with Gasteiger partial charge >= 0.3 is 5.97 Å². The first kappa shape index (κ1) is 12.4. The Morgan fingerprint density at radius 1 is 1.53 bits per heavy atom. The third-order valence-corrected chi connectivity index (χ3v) is 2.51. The molecule has 1 heterocycles. The summed E-state index contributed by atoms with van der Waals surface area (Å²) in [4.78, 5) is 13.1. The molecule has 0 aromatic heterocycles. The van der Waals surface area contributed by atoms with Crippen molar-refractivity contribution in [1.29, 1.82) is 0 Å². The van der Waals surface area contributed by atoms with Gasteiger partial charge < -0.3 is 14.6 Å². The Morgan fingerprint density at radius 3 is 2.80 bits per heavy atom. The highest BCUT2D eigenvalue weighted by Crippen LogP contribution is 2.03. The molecule has 0 saturated carbocycles. The van der Waals surface area contributed by atoms with Crippen LogP contribution in [0.4, 0.5) is 0 Å². The van der Waals surface area contributed by atoms with Gasteiger partial charge in [0.25, 0.3) is 0 Å². The number of ether oxygens (including phenoxy) is 2. The van der Waals surface area contributed by atoms with Crippen molar-refractivity contribution in [2.45, 2.75) is 18.9 Å². The molecule has 1 fully saturated rings. The van der Waals surface area contributed by atoms with E-state index < -0.39 is 6.10 Å². The molecule has 1 saturated heterocycles. The van der Waals surface area contributed by atoms with E-state index in [1.807, 2.05) is 0 Å². The zero-order chi connectivity index (χ0) is 11.1. The SMILES string of the molecule is COC(=O)C[C@@H](O)CCN1CCOCC1. The van der Waals surface area contributed by atoms with Gasteiger partial charge in [-0.3, -0.25) is 9.69 Å². The quantitative estimate of drug-likeness (QED) is 0.637. The molecule has 0 unspecified atom stereocenters. The molecule has 1 atom stereocenters. The van der Waals surface area contributed by atoms with Crippen LogP contribution in [0.3, 0.4) is 0 Å². The van der Waals surface area contributed by atoms with Crippen LogP contribution in [0.25, 0.3) is 0 Å². The first-order chi connectivity index (χ1) is 7.22. The van der Waals surface area contributed by atoms with Gasteiger partial charge in [-0.2, -0.15) is 0 Å². The fraction of sp³-hybridized carbons (Fsp3) is 0.900. The summed E-state index contributed by atoms with van der Waals surface area (Å²) in [6.07, 6.45) is 0.0935. The Kier molecular flexibility index (Phi) is 5.60. The van der Waals surface area contributed by atoms with Crippen molar-refractivity contribution < 1.29 is 19.4 Å². The minimum absolute atomic E-state index is 0.0842. The number of morpholine rings is 1. The summed E-state index contributed by atoms with van der Waals surface area (Å²) in [6.45, 7) is 4.14. The predicted octanol–water partition coefficient (Wildman–Crippen LogP) is -0.367. The average molecular weight is 217 g/mol. The van der Waals surface area contributed by atoms with Crippen molar-refractivity contribution in [2.75, 3.05) is 40.0 Å². The van der Waals surface area contributed by atoms with Crippen molar-refractivity contribution in [3.8, 4) is 0 Å². The van der Waals surface area contributed by atoms with Crippen molar-refractivity contribution in [3.63, 3.8) is 0 Å². The molecular formula is C10H19NO4. The molecule has 0 bridgehead atoms. The average Bonchev–Trinajstić information content (AvgIpc) is 2.27. The normalized spacial score (nSPS) is 19.9. The smallest absolute Gasteiger partial charge is 0.308 e. The molecule has 1 N–H and O–H groups in total. The largest absolute Gasteiger partial charge is 0.469 e. The van der Waals surface area contributed by atoms with Gasteiger partial charge in [0.2, 0.25) is 0 Å². The van der Waals surface area contributed by atoms with Crippen molar-refractivity contribution in [1.82, 2.24) is 4.90 Å². The zero-order valence-corrected chi connectivity index (χ0v) is 9.15. The van der Waals surface area contributed by atoms with Crippen LogP contribution in [0, 0.1) is 0 Å². The Labute approximate surface area is 90.0 Å². The van der Waals surface area contributed by atoms with E-state index in [-0.39, 0.29) is 12.4 Å². The maximum atomic E-state index is 10.9. The first-order valence-electron chi connectivity index (χ1n) is 5.27. The second-order valence-electron chi connectivity index (χ2n) is 3.68. The van der Waals surface area contributed by atoms with Gasteiger partial charge in [0.05, 0.1) is 32.8 Å². The van der Waals surface area contributed by atoms with E-state index in [0.29, 0.717) is 6.42 Å². The van der Waals surface area contributed by atoms with E-state index in [0.717, 1.165) is 32.8 Å². The number of methoxy groups -OCH3 is 1. The van der Waals surface area contributed by atoms with Crippen LogP contribution in [-0.4, -0.2) is 62.0 Å². The number of nitrogens with zero attached hydrogens (tertiary/aromatic N) is 1. The molecule has 15 heavy (non-hydrogen) atoms. The van der Waals surface area contributed by atoms with E-state index in [9.17, 15) is 9.90 Å². The number of rotatable bonds is 5. The summed E-state index contributed by atoms with van der Waals surface area (Å²) in [6, 6.07) is 0. The maximum Gasteiger partial charge on any atom is 0.308 e. The number of esters is 1. The lowest BCUT2D eigenvalue weighted by molar-refractivity contribution is -0.142. The number of carbonyl (C=O) groups is 1. The minimum atomic E-state index is -0.597. The Bertz CT molecular complexity index is 192. The molecule has 1 aliphatic heterocycles. The van der Waals surface area contributed by atoms with Crippen LogP contribution in [0.5, 0.6) is 0 Å². The Morgan fingerprint density at radius 2 is 2.20 bits per heavy atom. The standard InChI is InChI=1S/C10H19NO4/c1-14-10(13)8-9(12)2-3-11-4-6-15-7-5-11/h9,12H,2-8H2,1H3/t9-/m0/s1. The molecule has 1 aliphatic rings. The summed E-state index contributed by atoms with van der Waals surface area (Å²) in [5, 5.41) is 9.52. The van der Waals surface area contributed by atoms with Gasteiger partial charge in [0.1, 0.15) is 0 Å². The van der Waals surface area contributed by atoms with Gasteiger partial charge in [-0.15, -0.1) is 0 Å². The van der Waals surface area contributed by atoms with Crippen LogP contribution in [0.1, 0.15) is 12.8 Å². The lowest BCUT2D eigenvalue weighted by Gasteiger charge is -2.27. The number of hydrogen-bond acceptors (Lipinski definition) is 5. The predicted molar refractivity (Wildman–Crippen MR) is 54.5 cm³/mol. The fourth-order valence-electron chi connectivity index (χ4n) is 1.53. The third-order valence-electron chi connectivity index (χ3n) is 2.51. The summed E-state index contributed by atoms with van der Waals surface area (Å²) >= 11 is 0. The van der Waals surface area contributed by atoms with Gasteiger partial charge in [-0.05, 0) is 6.42 Å². The van der Waals surface area contributed by atoms with E-state index in [1.54, 1.807) is 0 Å². The van der Waals surface area contributed by atoms with Gasteiger partial charge in [0.15, 0.2) is 0 Å². The summed E-state index contributed by atoms with van der Waals surface area (Å²) < 4.78 is 9.69. The summed E-state index contributed by atoms with van der Waals surface area (Å²) in [5.74, 6) is -0.357. The molecule has 5 nitrogen and oxygen atoms in total. The van der Waals surface area contributed by atoms with Crippen molar-refractivity contribution in [2.24, 2.45) is 0 Å². The molecule has 0 aromatic carbocycles.